The van der Waals surface area contributed by atoms with Gasteiger partial charge in [0, 0.05) is 12.8 Å². The highest BCUT2D eigenvalue weighted by molar-refractivity contribution is 5.14. The summed E-state index contributed by atoms with van der Waals surface area (Å²) < 4.78 is 5.67. The summed E-state index contributed by atoms with van der Waals surface area (Å²) in [6.07, 6.45) is -1.12. The van der Waals surface area contributed by atoms with E-state index in [1.165, 1.54) is 0 Å². The van der Waals surface area contributed by atoms with Crippen molar-refractivity contribution in [3.63, 3.8) is 0 Å². The van der Waals surface area contributed by atoms with Crippen LogP contribution in [0.15, 0.2) is 0 Å². The van der Waals surface area contributed by atoms with E-state index in [2.05, 4.69) is 0 Å². The van der Waals surface area contributed by atoms with Crippen LogP contribution < -0.4 is 0 Å². The lowest BCUT2D eigenvalue weighted by Gasteiger charge is -2.44. The summed E-state index contributed by atoms with van der Waals surface area (Å²) in [6.45, 7) is 5.19. The molecule has 2 saturated heterocycles. The Morgan fingerprint density at radius 2 is 1.36 bits per heavy atom. The Labute approximate surface area is 83.5 Å². The topological polar surface area (TPSA) is 69.9 Å². The molecule has 0 aliphatic carbocycles. The predicted molar refractivity (Wildman–Crippen MR) is 49.8 cm³/mol. The van der Waals surface area contributed by atoms with Crippen LogP contribution in [0.3, 0.4) is 0 Å². The highest BCUT2D eigenvalue weighted by Crippen LogP contribution is 2.51. The zero-order valence-corrected chi connectivity index (χ0v) is 8.82. The number of fused-ring (bicyclic) bond motifs is 2. The molecule has 0 spiro atoms. The van der Waals surface area contributed by atoms with Crippen molar-refractivity contribution in [1.82, 2.24) is 0 Å². The lowest BCUT2D eigenvalue weighted by molar-refractivity contribution is -0.206. The number of hydrogen-bond acceptors (Lipinski definition) is 4. The molecule has 2 aliphatic heterocycles. The van der Waals surface area contributed by atoms with Gasteiger partial charge in [-0.05, 0) is 20.8 Å². The summed E-state index contributed by atoms with van der Waals surface area (Å²) >= 11 is 0. The molecule has 2 aliphatic rings. The second-order valence-electron chi connectivity index (χ2n) is 5.47. The lowest BCUT2D eigenvalue weighted by atomic mass is 9.82. The maximum atomic E-state index is 10.0. The molecule has 1 unspecified atom stereocenters. The Morgan fingerprint density at radius 3 is 1.71 bits per heavy atom. The molecule has 2 bridgehead atoms. The molecule has 0 saturated carbocycles. The van der Waals surface area contributed by atoms with Gasteiger partial charge in [-0.2, -0.15) is 0 Å². The molecule has 2 rings (SSSR count). The van der Waals surface area contributed by atoms with Gasteiger partial charge in [0.25, 0.3) is 0 Å². The van der Waals surface area contributed by atoms with Crippen molar-refractivity contribution in [2.75, 3.05) is 0 Å². The summed E-state index contributed by atoms with van der Waals surface area (Å²) in [6, 6.07) is 0. The smallest absolute Gasteiger partial charge is 0.111 e. The molecule has 0 aromatic heterocycles. The largest absolute Gasteiger partial charge is 0.390 e. The molecule has 4 nitrogen and oxygen atoms in total. The SMILES string of the molecule is CC1(O)C[C@@]2(C)O[C@@](C)(C1)[C@H](O)[C@@H]2O. The van der Waals surface area contributed by atoms with Crippen LogP contribution in [0.5, 0.6) is 0 Å². The van der Waals surface area contributed by atoms with E-state index in [0.29, 0.717) is 12.8 Å². The first-order chi connectivity index (χ1) is 6.19. The predicted octanol–water partition coefficient (Wildman–Crippen LogP) is -0.199. The van der Waals surface area contributed by atoms with E-state index in [1.807, 2.05) is 0 Å². The second-order valence-corrected chi connectivity index (χ2v) is 5.47. The van der Waals surface area contributed by atoms with Gasteiger partial charge in [0.2, 0.25) is 0 Å². The van der Waals surface area contributed by atoms with Crippen LogP contribution in [-0.4, -0.2) is 44.3 Å². The van der Waals surface area contributed by atoms with E-state index >= 15 is 0 Å². The van der Waals surface area contributed by atoms with Crippen molar-refractivity contribution in [3.05, 3.63) is 0 Å². The number of hydrogen-bond donors (Lipinski definition) is 3. The van der Waals surface area contributed by atoms with Gasteiger partial charge in [0.1, 0.15) is 12.2 Å². The highest BCUT2D eigenvalue weighted by atomic mass is 16.6. The van der Waals surface area contributed by atoms with E-state index < -0.39 is 29.0 Å². The minimum atomic E-state index is -0.915. The first-order valence-corrected chi connectivity index (χ1v) is 4.97. The molecule has 0 aromatic rings. The molecule has 5 atom stereocenters. The van der Waals surface area contributed by atoms with Gasteiger partial charge in [-0.1, -0.05) is 0 Å². The Kier molecular flexibility index (Phi) is 1.85. The third-order valence-electron chi connectivity index (χ3n) is 3.48. The van der Waals surface area contributed by atoms with Crippen LogP contribution in [0, 0.1) is 0 Å². The fourth-order valence-electron chi connectivity index (χ4n) is 3.18. The van der Waals surface area contributed by atoms with E-state index in [0.717, 1.165) is 0 Å². The van der Waals surface area contributed by atoms with E-state index in [4.69, 9.17) is 4.74 Å². The second kappa shape index (κ2) is 2.50. The lowest BCUT2D eigenvalue weighted by Crippen LogP contribution is -2.51. The van der Waals surface area contributed by atoms with Gasteiger partial charge in [0.15, 0.2) is 0 Å². The van der Waals surface area contributed by atoms with Gasteiger partial charge in [-0.3, -0.25) is 0 Å². The first kappa shape index (κ1) is 10.4. The minimum Gasteiger partial charge on any atom is -0.390 e. The molecular formula is C10H18O4. The fourth-order valence-corrected chi connectivity index (χ4v) is 3.18. The minimum absolute atomic E-state index is 0.355. The molecule has 82 valence electrons. The van der Waals surface area contributed by atoms with E-state index in [1.54, 1.807) is 20.8 Å². The zero-order valence-electron chi connectivity index (χ0n) is 8.82. The standard InChI is InChI=1S/C10H18O4/c1-8(13)4-9(2)6(11)7(12)10(3,5-8)14-9/h6-7,11-13H,4-5H2,1-3H3/t6-,7+,8?,9+,10-. The van der Waals surface area contributed by atoms with E-state index in [-0.39, 0.29) is 0 Å². The van der Waals surface area contributed by atoms with Crippen molar-refractivity contribution in [2.45, 2.75) is 62.6 Å². The van der Waals surface area contributed by atoms with Gasteiger partial charge >= 0.3 is 0 Å². The molecular weight excluding hydrogens is 184 g/mol. The Bertz CT molecular complexity index is 233. The molecule has 14 heavy (non-hydrogen) atoms. The molecule has 0 amide bonds. The fraction of sp³-hybridized carbons (Fsp3) is 1.00. The molecule has 0 radical (unpaired) electrons. The normalized spacial score (nSPS) is 63.0. The molecule has 3 N–H and O–H groups in total. The van der Waals surface area contributed by atoms with Crippen molar-refractivity contribution in [1.29, 1.82) is 0 Å². The van der Waals surface area contributed by atoms with Crippen molar-refractivity contribution < 1.29 is 20.1 Å². The summed E-state index contributed by atoms with van der Waals surface area (Å²) in [4.78, 5) is 0. The summed E-state index contributed by atoms with van der Waals surface area (Å²) in [5.41, 5.74) is -2.52. The summed E-state index contributed by atoms with van der Waals surface area (Å²) in [5.74, 6) is 0. The Hall–Kier alpha value is -0.160. The van der Waals surface area contributed by atoms with Crippen LogP contribution in [0.25, 0.3) is 0 Å². The quantitative estimate of drug-likeness (QED) is 0.509. The molecule has 4 heteroatoms. The number of aliphatic hydroxyl groups is 3. The van der Waals surface area contributed by atoms with Crippen LogP contribution in [-0.2, 0) is 4.74 Å². The molecule has 0 aromatic carbocycles. The van der Waals surface area contributed by atoms with Gasteiger partial charge in [-0.25, -0.2) is 0 Å². The molecule has 2 fully saturated rings. The average Bonchev–Trinajstić information content (AvgIpc) is 2.06. The maximum Gasteiger partial charge on any atom is 0.111 e. The third kappa shape index (κ3) is 1.21. The van der Waals surface area contributed by atoms with Crippen LogP contribution >= 0.6 is 0 Å². The van der Waals surface area contributed by atoms with Crippen LogP contribution in [0.2, 0.25) is 0 Å². The number of aliphatic hydroxyl groups excluding tert-OH is 2. The third-order valence-corrected chi connectivity index (χ3v) is 3.48. The summed E-state index contributed by atoms with van der Waals surface area (Å²) in [7, 11) is 0. The summed E-state index contributed by atoms with van der Waals surface area (Å²) in [5, 5.41) is 29.7. The van der Waals surface area contributed by atoms with Crippen LogP contribution in [0.4, 0.5) is 0 Å². The van der Waals surface area contributed by atoms with Crippen molar-refractivity contribution >= 4 is 0 Å². The zero-order chi connectivity index (χ0) is 10.8. The van der Waals surface area contributed by atoms with Crippen molar-refractivity contribution in [3.8, 4) is 0 Å². The Balaban J connectivity index is 2.40. The van der Waals surface area contributed by atoms with Gasteiger partial charge in [0.05, 0.1) is 16.8 Å². The van der Waals surface area contributed by atoms with Gasteiger partial charge in [-0.15, -0.1) is 0 Å². The average molecular weight is 202 g/mol. The highest BCUT2D eigenvalue weighted by Gasteiger charge is 2.64. The number of ether oxygens (including phenoxy) is 1. The molecule has 2 heterocycles. The monoisotopic (exact) mass is 202 g/mol. The van der Waals surface area contributed by atoms with Crippen LogP contribution in [0.1, 0.15) is 33.6 Å². The number of rotatable bonds is 0. The maximum absolute atomic E-state index is 10.0. The van der Waals surface area contributed by atoms with Gasteiger partial charge < -0.3 is 20.1 Å². The van der Waals surface area contributed by atoms with Crippen molar-refractivity contribution in [2.24, 2.45) is 0 Å². The first-order valence-electron chi connectivity index (χ1n) is 4.97. The Morgan fingerprint density at radius 1 is 1.00 bits per heavy atom. The van der Waals surface area contributed by atoms with E-state index in [9.17, 15) is 15.3 Å².